The van der Waals surface area contributed by atoms with E-state index in [1.807, 2.05) is 31.2 Å². The van der Waals surface area contributed by atoms with E-state index in [4.69, 9.17) is 5.11 Å². The highest BCUT2D eigenvalue weighted by molar-refractivity contribution is 6.00. The Kier molecular flexibility index (Phi) is 3.14. The Labute approximate surface area is 120 Å². The Bertz CT molecular complexity index is 859. The fourth-order valence-corrected chi connectivity index (χ4v) is 2.39. The Balaban J connectivity index is 2.38. The fourth-order valence-electron chi connectivity index (χ4n) is 2.39. The van der Waals surface area contributed by atoms with Crippen molar-refractivity contribution >= 4 is 16.7 Å². The average molecular weight is 281 g/mol. The first-order valence-corrected chi connectivity index (χ1v) is 6.45. The molecule has 3 nitrogen and oxygen atoms in total. The number of aromatic nitrogens is 1. The minimum atomic E-state index is -1.04. The number of nitrogens with zero attached hydrogens (tertiary/aromatic N) is 1. The molecule has 2 aromatic carbocycles. The molecule has 0 aliphatic carbocycles. The van der Waals surface area contributed by atoms with Gasteiger partial charge in [-0.3, -0.25) is 4.98 Å². The van der Waals surface area contributed by atoms with Gasteiger partial charge in [-0.25, -0.2) is 9.18 Å². The van der Waals surface area contributed by atoms with Crippen molar-refractivity contribution in [3.8, 4) is 11.3 Å². The summed E-state index contributed by atoms with van der Waals surface area (Å²) in [5.41, 5.74) is 2.57. The first kappa shape index (κ1) is 13.2. The van der Waals surface area contributed by atoms with Crippen LogP contribution in [0.2, 0.25) is 0 Å². The molecule has 3 rings (SSSR count). The molecule has 104 valence electrons. The maximum absolute atomic E-state index is 13.9. The summed E-state index contributed by atoms with van der Waals surface area (Å²) in [4.78, 5) is 15.3. The summed E-state index contributed by atoms with van der Waals surface area (Å²) < 4.78 is 13.9. The number of benzene rings is 2. The van der Waals surface area contributed by atoms with Crippen LogP contribution in [0.25, 0.3) is 22.0 Å². The molecule has 0 bridgehead atoms. The van der Waals surface area contributed by atoms with E-state index in [1.165, 1.54) is 24.4 Å². The van der Waals surface area contributed by atoms with E-state index >= 15 is 0 Å². The largest absolute Gasteiger partial charge is 0.478 e. The smallest absolute Gasteiger partial charge is 0.335 e. The second-order valence-electron chi connectivity index (χ2n) is 4.84. The van der Waals surface area contributed by atoms with E-state index in [0.29, 0.717) is 16.5 Å². The summed E-state index contributed by atoms with van der Waals surface area (Å²) >= 11 is 0. The van der Waals surface area contributed by atoms with Gasteiger partial charge in [0.25, 0.3) is 0 Å². The van der Waals surface area contributed by atoms with Crippen molar-refractivity contribution in [2.24, 2.45) is 0 Å². The molecule has 0 spiro atoms. The Hall–Kier alpha value is -2.75. The molecule has 0 radical (unpaired) electrons. The van der Waals surface area contributed by atoms with Crippen molar-refractivity contribution in [2.45, 2.75) is 6.92 Å². The van der Waals surface area contributed by atoms with E-state index in [2.05, 4.69) is 4.98 Å². The first-order valence-electron chi connectivity index (χ1n) is 6.45. The molecule has 3 aromatic rings. The molecule has 0 aliphatic rings. The lowest BCUT2D eigenvalue weighted by molar-refractivity contribution is 0.0697. The maximum Gasteiger partial charge on any atom is 0.335 e. The summed E-state index contributed by atoms with van der Waals surface area (Å²) in [6.07, 6.45) is 1.17. The summed E-state index contributed by atoms with van der Waals surface area (Å²) in [6.45, 7) is 1.94. The summed E-state index contributed by atoms with van der Waals surface area (Å²) in [5.74, 6) is -1.50. The monoisotopic (exact) mass is 281 g/mol. The highest BCUT2D eigenvalue weighted by Gasteiger charge is 2.13. The van der Waals surface area contributed by atoms with Crippen LogP contribution in [-0.4, -0.2) is 16.1 Å². The van der Waals surface area contributed by atoms with Gasteiger partial charge in [0.2, 0.25) is 0 Å². The molecule has 1 N–H and O–H groups in total. The van der Waals surface area contributed by atoms with Crippen LogP contribution in [0.4, 0.5) is 4.39 Å². The van der Waals surface area contributed by atoms with Gasteiger partial charge < -0.3 is 5.11 Å². The Morgan fingerprint density at radius 3 is 2.62 bits per heavy atom. The highest BCUT2D eigenvalue weighted by Crippen LogP contribution is 2.30. The lowest BCUT2D eigenvalue weighted by Crippen LogP contribution is -1.98. The van der Waals surface area contributed by atoms with Gasteiger partial charge in [-0.2, -0.15) is 0 Å². The number of hydrogen-bond acceptors (Lipinski definition) is 2. The van der Waals surface area contributed by atoms with Crippen LogP contribution < -0.4 is 0 Å². The number of pyridine rings is 1. The topological polar surface area (TPSA) is 50.2 Å². The van der Waals surface area contributed by atoms with Crippen molar-refractivity contribution in [1.82, 2.24) is 4.98 Å². The third-order valence-corrected chi connectivity index (χ3v) is 3.49. The number of carbonyl (C=O) groups is 1. The number of halogens is 1. The average Bonchev–Trinajstić information content (AvgIpc) is 2.48. The predicted molar refractivity (Wildman–Crippen MR) is 78.8 cm³/mol. The Morgan fingerprint density at radius 2 is 1.90 bits per heavy atom. The van der Waals surface area contributed by atoms with Gasteiger partial charge in [0.05, 0.1) is 17.5 Å². The number of hydrogen-bond donors (Lipinski definition) is 1. The second kappa shape index (κ2) is 4.98. The number of carboxylic acids is 1. The number of carboxylic acid groups (broad SMARTS) is 1. The molecular formula is C17H12FNO2. The molecule has 0 amide bonds. The third-order valence-electron chi connectivity index (χ3n) is 3.49. The van der Waals surface area contributed by atoms with Crippen molar-refractivity contribution in [3.63, 3.8) is 0 Å². The van der Waals surface area contributed by atoms with Gasteiger partial charge >= 0.3 is 5.97 Å². The molecule has 0 saturated carbocycles. The highest BCUT2D eigenvalue weighted by atomic mass is 19.1. The van der Waals surface area contributed by atoms with E-state index in [-0.39, 0.29) is 5.56 Å². The predicted octanol–water partition coefficient (Wildman–Crippen LogP) is 4.05. The number of aryl methyl sites for hydroxylation is 1. The van der Waals surface area contributed by atoms with Crippen LogP contribution in [0.5, 0.6) is 0 Å². The number of aromatic carboxylic acids is 1. The van der Waals surface area contributed by atoms with Crippen molar-refractivity contribution in [3.05, 3.63) is 65.6 Å². The molecule has 0 atom stereocenters. The van der Waals surface area contributed by atoms with Gasteiger partial charge in [0.1, 0.15) is 5.82 Å². The van der Waals surface area contributed by atoms with Crippen molar-refractivity contribution < 1.29 is 14.3 Å². The first-order chi connectivity index (χ1) is 10.1. The quantitative estimate of drug-likeness (QED) is 0.771. The van der Waals surface area contributed by atoms with Crippen LogP contribution in [0.1, 0.15) is 15.9 Å². The molecule has 0 saturated heterocycles. The lowest BCUT2D eigenvalue weighted by atomic mass is 9.98. The number of fused-ring (bicyclic) bond motifs is 1. The standard InChI is InChI=1S/C17H12FNO2/c1-10-4-2-3-5-12(10)16-14-8-11(17(20)21)6-7-13(14)15(18)9-19-16/h2-9H,1H3,(H,20,21). The molecule has 0 aliphatic heterocycles. The Morgan fingerprint density at radius 1 is 1.14 bits per heavy atom. The van der Waals surface area contributed by atoms with Crippen LogP contribution in [0, 0.1) is 12.7 Å². The van der Waals surface area contributed by atoms with Gasteiger partial charge in [-0.1, -0.05) is 30.3 Å². The van der Waals surface area contributed by atoms with Gasteiger partial charge in [-0.05, 0) is 24.6 Å². The van der Waals surface area contributed by atoms with E-state index in [0.717, 1.165) is 11.1 Å². The lowest BCUT2D eigenvalue weighted by Gasteiger charge is -2.10. The molecule has 4 heteroatoms. The normalized spacial score (nSPS) is 10.8. The zero-order chi connectivity index (χ0) is 15.0. The molecular weight excluding hydrogens is 269 g/mol. The molecule has 1 aromatic heterocycles. The van der Waals surface area contributed by atoms with E-state index in [9.17, 15) is 9.18 Å². The van der Waals surface area contributed by atoms with Crippen LogP contribution >= 0.6 is 0 Å². The van der Waals surface area contributed by atoms with Gasteiger partial charge in [-0.15, -0.1) is 0 Å². The van der Waals surface area contributed by atoms with E-state index < -0.39 is 11.8 Å². The zero-order valence-electron chi connectivity index (χ0n) is 11.3. The third kappa shape index (κ3) is 2.25. The fraction of sp³-hybridized carbons (Fsp3) is 0.0588. The SMILES string of the molecule is Cc1ccccc1-c1ncc(F)c2ccc(C(=O)O)cc12. The van der Waals surface area contributed by atoms with E-state index in [1.54, 1.807) is 0 Å². The molecule has 0 unspecified atom stereocenters. The summed E-state index contributed by atoms with van der Waals surface area (Å²) in [5, 5.41) is 9.99. The maximum atomic E-state index is 13.9. The minimum Gasteiger partial charge on any atom is -0.478 e. The summed E-state index contributed by atoms with van der Waals surface area (Å²) in [7, 11) is 0. The molecule has 1 heterocycles. The van der Waals surface area contributed by atoms with Gasteiger partial charge in [0.15, 0.2) is 0 Å². The second-order valence-corrected chi connectivity index (χ2v) is 4.84. The van der Waals surface area contributed by atoms with Crippen LogP contribution in [0.15, 0.2) is 48.7 Å². The zero-order valence-corrected chi connectivity index (χ0v) is 11.3. The van der Waals surface area contributed by atoms with Gasteiger partial charge in [0, 0.05) is 16.3 Å². The van der Waals surface area contributed by atoms with Crippen LogP contribution in [0.3, 0.4) is 0 Å². The summed E-state index contributed by atoms with van der Waals surface area (Å²) in [6, 6.07) is 12.0. The molecule has 21 heavy (non-hydrogen) atoms. The van der Waals surface area contributed by atoms with Crippen molar-refractivity contribution in [1.29, 1.82) is 0 Å². The van der Waals surface area contributed by atoms with Crippen LogP contribution in [-0.2, 0) is 0 Å². The number of rotatable bonds is 2. The van der Waals surface area contributed by atoms with Crippen molar-refractivity contribution in [2.75, 3.05) is 0 Å². The molecule has 0 fully saturated rings. The minimum absolute atomic E-state index is 0.115.